The van der Waals surface area contributed by atoms with Crippen molar-refractivity contribution >= 4 is 62.0 Å². The standard InChI is InChI=1S/C46H49IO11/c1-44(2,3)56-37(48)23-52-29-13-15-31-26(19-29)11-17-34-41(31)40(28-21-33(47)43(36(22-28)51-10)54-25-39(50)58-46(7,8)9)42-32-16-14-30(20-27(32)12-18-35(42)55-34)53-24-38(49)57-45(4,5)6/h11-22,40H,23-25H2,1-10H3. The van der Waals surface area contributed by atoms with Crippen LogP contribution in [0.1, 0.15) is 84.9 Å². The Balaban J connectivity index is 1.45. The van der Waals surface area contributed by atoms with Gasteiger partial charge in [0.2, 0.25) is 0 Å². The number of methoxy groups -OCH3 is 1. The molecule has 0 amide bonds. The molecule has 0 N–H and O–H groups in total. The summed E-state index contributed by atoms with van der Waals surface area (Å²) in [7, 11) is 1.56. The normalized spacial score (nSPS) is 12.9. The summed E-state index contributed by atoms with van der Waals surface area (Å²) >= 11 is 2.20. The van der Waals surface area contributed by atoms with Crippen LogP contribution in [0.5, 0.6) is 34.5 Å². The molecule has 0 saturated carbocycles. The summed E-state index contributed by atoms with van der Waals surface area (Å²) in [6.07, 6.45) is 0. The number of fused-ring (bicyclic) bond motifs is 6. The maximum absolute atomic E-state index is 12.6. The minimum absolute atomic E-state index is 0.233. The van der Waals surface area contributed by atoms with Gasteiger partial charge in [-0.1, -0.05) is 24.3 Å². The summed E-state index contributed by atoms with van der Waals surface area (Å²) in [6, 6.07) is 23.1. The van der Waals surface area contributed by atoms with Crippen molar-refractivity contribution in [2.75, 3.05) is 26.9 Å². The van der Waals surface area contributed by atoms with Crippen LogP contribution in [0.3, 0.4) is 0 Å². The first-order valence-corrected chi connectivity index (χ1v) is 20.0. The van der Waals surface area contributed by atoms with Crippen molar-refractivity contribution in [2.24, 2.45) is 0 Å². The van der Waals surface area contributed by atoms with Crippen molar-refractivity contribution in [1.82, 2.24) is 0 Å². The monoisotopic (exact) mass is 904 g/mol. The average molecular weight is 905 g/mol. The zero-order valence-corrected chi connectivity index (χ0v) is 36.7. The number of carbonyl (C=O) groups excluding carboxylic acids is 3. The van der Waals surface area contributed by atoms with E-state index >= 15 is 0 Å². The van der Waals surface area contributed by atoms with Gasteiger partial charge in [-0.05, 0) is 161 Å². The van der Waals surface area contributed by atoms with Gasteiger partial charge in [-0.25, -0.2) is 14.4 Å². The fourth-order valence-electron chi connectivity index (χ4n) is 6.75. The molecule has 0 saturated heterocycles. The van der Waals surface area contributed by atoms with E-state index in [1.807, 2.05) is 114 Å². The van der Waals surface area contributed by atoms with Gasteiger partial charge in [0.05, 0.1) is 10.7 Å². The quantitative estimate of drug-likeness (QED) is 0.0701. The van der Waals surface area contributed by atoms with Gasteiger partial charge in [0, 0.05) is 17.0 Å². The molecule has 1 aliphatic heterocycles. The average Bonchev–Trinajstić information content (AvgIpc) is 3.12. The van der Waals surface area contributed by atoms with Crippen LogP contribution in [0.2, 0.25) is 0 Å². The molecule has 0 spiro atoms. The molecule has 0 radical (unpaired) electrons. The van der Waals surface area contributed by atoms with Crippen LogP contribution >= 0.6 is 22.6 Å². The molecule has 12 heteroatoms. The lowest BCUT2D eigenvalue weighted by Crippen LogP contribution is -2.27. The molecule has 1 aliphatic rings. The zero-order chi connectivity index (χ0) is 42.2. The first-order valence-electron chi connectivity index (χ1n) is 18.9. The van der Waals surface area contributed by atoms with E-state index in [1.54, 1.807) is 27.9 Å². The van der Waals surface area contributed by atoms with Crippen LogP contribution < -0.4 is 23.7 Å². The third-order valence-corrected chi connectivity index (χ3v) is 9.48. The molecule has 0 aliphatic carbocycles. The Kier molecular flexibility index (Phi) is 12.1. The van der Waals surface area contributed by atoms with E-state index in [1.165, 1.54) is 0 Å². The SMILES string of the molecule is COc1cc(C2c3c(ccc4cc(OCC(=O)OC(C)(C)C)ccc34)Oc3ccc4cc(OCC(=O)OC(C)(C)C)ccc4c32)cc(I)c1OCC(=O)OC(C)(C)C. The number of esters is 3. The highest BCUT2D eigenvalue weighted by Gasteiger charge is 2.34. The Bertz CT molecular complexity index is 2260. The minimum Gasteiger partial charge on any atom is -0.493 e. The molecule has 306 valence electrons. The fourth-order valence-corrected chi connectivity index (χ4v) is 7.53. The third-order valence-electron chi connectivity index (χ3n) is 8.68. The summed E-state index contributed by atoms with van der Waals surface area (Å²) in [4.78, 5) is 37.5. The lowest BCUT2D eigenvalue weighted by Gasteiger charge is -2.32. The van der Waals surface area contributed by atoms with E-state index in [4.69, 9.17) is 37.9 Å². The van der Waals surface area contributed by atoms with Crippen molar-refractivity contribution in [3.05, 3.63) is 93.1 Å². The lowest BCUT2D eigenvalue weighted by atomic mass is 9.78. The Morgan fingerprint density at radius 1 is 0.586 bits per heavy atom. The van der Waals surface area contributed by atoms with Crippen LogP contribution in [0.15, 0.2) is 72.8 Å². The molecule has 0 unspecified atom stereocenters. The molecule has 5 aromatic rings. The van der Waals surface area contributed by atoms with Crippen LogP contribution in [-0.2, 0) is 28.6 Å². The number of halogens is 1. The van der Waals surface area contributed by atoms with Gasteiger partial charge in [-0.15, -0.1) is 0 Å². The highest BCUT2D eigenvalue weighted by molar-refractivity contribution is 14.1. The largest absolute Gasteiger partial charge is 0.493 e. The highest BCUT2D eigenvalue weighted by Crippen LogP contribution is 2.54. The van der Waals surface area contributed by atoms with E-state index in [9.17, 15) is 14.4 Å². The van der Waals surface area contributed by atoms with Crippen LogP contribution in [-0.4, -0.2) is 61.6 Å². The summed E-state index contributed by atoms with van der Waals surface area (Å²) in [5.74, 6) is 1.41. The molecule has 0 bridgehead atoms. The summed E-state index contributed by atoms with van der Waals surface area (Å²) in [6.45, 7) is 15.5. The summed E-state index contributed by atoms with van der Waals surface area (Å²) in [5, 5.41) is 3.56. The van der Waals surface area contributed by atoms with Crippen molar-refractivity contribution < 1.29 is 52.3 Å². The van der Waals surface area contributed by atoms with Gasteiger partial charge in [-0.3, -0.25) is 0 Å². The third kappa shape index (κ3) is 10.2. The molecule has 0 atom stereocenters. The maximum atomic E-state index is 12.6. The Morgan fingerprint density at radius 3 is 1.43 bits per heavy atom. The highest BCUT2D eigenvalue weighted by atomic mass is 127. The molecule has 0 fully saturated rings. The Morgan fingerprint density at radius 2 is 1.02 bits per heavy atom. The Hall–Kier alpha value is -5.24. The van der Waals surface area contributed by atoms with Crippen molar-refractivity contribution in [3.8, 4) is 34.5 Å². The van der Waals surface area contributed by atoms with Crippen LogP contribution in [0.25, 0.3) is 21.5 Å². The van der Waals surface area contributed by atoms with Crippen molar-refractivity contribution in [3.63, 3.8) is 0 Å². The smallest absolute Gasteiger partial charge is 0.344 e. The predicted octanol–water partition coefficient (Wildman–Crippen LogP) is 10.1. The van der Waals surface area contributed by atoms with Gasteiger partial charge in [0.15, 0.2) is 31.3 Å². The molecule has 58 heavy (non-hydrogen) atoms. The number of hydrogen-bond donors (Lipinski definition) is 0. The second kappa shape index (κ2) is 16.6. The van der Waals surface area contributed by atoms with Crippen LogP contribution in [0.4, 0.5) is 0 Å². The second-order valence-corrected chi connectivity index (χ2v) is 18.1. The number of rotatable bonds is 11. The molecule has 11 nitrogen and oxygen atoms in total. The van der Waals surface area contributed by atoms with Gasteiger partial charge in [0.1, 0.15) is 39.8 Å². The van der Waals surface area contributed by atoms with E-state index in [2.05, 4.69) is 22.6 Å². The van der Waals surface area contributed by atoms with E-state index in [-0.39, 0.29) is 19.8 Å². The molecule has 6 rings (SSSR count). The lowest BCUT2D eigenvalue weighted by molar-refractivity contribution is -0.158. The van der Waals surface area contributed by atoms with Gasteiger partial charge >= 0.3 is 17.9 Å². The molecule has 0 aromatic heterocycles. The molecular formula is C46H49IO11. The van der Waals surface area contributed by atoms with Gasteiger partial charge in [0.25, 0.3) is 0 Å². The number of ether oxygens (including phenoxy) is 8. The van der Waals surface area contributed by atoms with E-state index in [0.717, 1.165) is 41.8 Å². The van der Waals surface area contributed by atoms with E-state index < -0.39 is 40.6 Å². The summed E-state index contributed by atoms with van der Waals surface area (Å²) in [5.41, 5.74) is 0.773. The Labute approximate surface area is 352 Å². The van der Waals surface area contributed by atoms with Crippen molar-refractivity contribution in [1.29, 1.82) is 0 Å². The summed E-state index contributed by atoms with van der Waals surface area (Å²) < 4.78 is 47.4. The fraction of sp³-hybridized carbons (Fsp3) is 0.370. The molecular weight excluding hydrogens is 855 g/mol. The molecule has 1 heterocycles. The number of carbonyl (C=O) groups is 3. The van der Waals surface area contributed by atoms with Crippen molar-refractivity contribution in [2.45, 2.75) is 85.0 Å². The minimum atomic E-state index is -0.660. The topological polar surface area (TPSA) is 125 Å². The molecule has 5 aromatic carbocycles. The predicted molar refractivity (Wildman–Crippen MR) is 229 cm³/mol. The number of hydrogen-bond acceptors (Lipinski definition) is 11. The zero-order valence-electron chi connectivity index (χ0n) is 34.5. The van der Waals surface area contributed by atoms with Gasteiger partial charge < -0.3 is 37.9 Å². The number of benzene rings is 5. The maximum Gasteiger partial charge on any atom is 0.344 e. The van der Waals surface area contributed by atoms with E-state index in [0.29, 0.717) is 34.5 Å². The first kappa shape index (κ1) is 42.4. The van der Waals surface area contributed by atoms with Crippen LogP contribution in [0, 0.1) is 3.57 Å². The van der Waals surface area contributed by atoms with Gasteiger partial charge in [-0.2, -0.15) is 0 Å². The second-order valence-electron chi connectivity index (χ2n) is 16.9. The first-order chi connectivity index (χ1) is 27.2.